The van der Waals surface area contributed by atoms with Crippen LogP contribution in [0.5, 0.6) is 5.75 Å². The van der Waals surface area contributed by atoms with Crippen molar-refractivity contribution in [3.63, 3.8) is 0 Å². The van der Waals surface area contributed by atoms with E-state index < -0.39 is 5.60 Å². The van der Waals surface area contributed by atoms with E-state index in [1.807, 2.05) is 25.7 Å². The van der Waals surface area contributed by atoms with Crippen molar-refractivity contribution in [3.8, 4) is 5.75 Å². The number of nitrogens with zero attached hydrogens (tertiary/aromatic N) is 2. The van der Waals surface area contributed by atoms with E-state index in [1.165, 1.54) is 11.3 Å². The number of rotatable bonds is 1. The van der Waals surface area contributed by atoms with Gasteiger partial charge in [0.25, 0.3) is 0 Å². The molecule has 2 unspecified atom stereocenters. The monoisotopic (exact) mass is 359 g/mol. The van der Waals surface area contributed by atoms with Gasteiger partial charge in [0.1, 0.15) is 18.0 Å². The molecule has 3 heterocycles. The summed E-state index contributed by atoms with van der Waals surface area (Å²) in [4.78, 5) is 16.9. The Morgan fingerprint density at radius 2 is 1.92 bits per heavy atom. The van der Waals surface area contributed by atoms with Gasteiger partial charge in [0.2, 0.25) is 0 Å². The van der Waals surface area contributed by atoms with Crippen LogP contribution in [-0.2, 0) is 11.2 Å². The van der Waals surface area contributed by atoms with Gasteiger partial charge in [-0.1, -0.05) is 6.07 Å². The van der Waals surface area contributed by atoms with E-state index in [1.54, 1.807) is 0 Å². The Morgan fingerprint density at radius 3 is 2.58 bits per heavy atom. The Bertz CT molecular complexity index is 686. The maximum atomic E-state index is 12.6. The molecule has 2 saturated heterocycles. The summed E-state index contributed by atoms with van der Waals surface area (Å²) in [6.45, 7) is 8.02. The van der Waals surface area contributed by atoms with Crippen LogP contribution in [0, 0.1) is 0 Å². The highest BCUT2D eigenvalue weighted by atomic mass is 16.6. The molecule has 3 aliphatic heterocycles. The lowest BCUT2D eigenvalue weighted by Crippen LogP contribution is -2.56. The minimum absolute atomic E-state index is 0.0848. The summed E-state index contributed by atoms with van der Waals surface area (Å²) in [7, 11) is 0. The highest BCUT2D eigenvalue weighted by Gasteiger charge is 2.44. The largest absolute Gasteiger partial charge is 0.492 e. The maximum Gasteiger partial charge on any atom is 0.410 e. The molecular weight excluding hydrogens is 330 g/mol. The van der Waals surface area contributed by atoms with Crippen molar-refractivity contribution in [1.82, 2.24) is 4.90 Å². The fourth-order valence-electron chi connectivity index (χ4n) is 4.31. The molecule has 6 nitrogen and oxygen atoms in total. The van der Waals surface area contributed by atoms with Gasteiger partial charge in [-0.2, -0.15) is 0 Å². The van der Waals surface area contributed by atoms with Crippen molar-refractivity contribution in [2.75, 3.05) is 24.6 Å². The molecule has 0 aromatic heterocycles. The maximum absolute atomic E-state index is 12.6. The molecule has 1 amide bonds. The van der Waals surface area contributed by atoms with Gasteiger partial charge in [0.15, 0.2) is 0 Å². The van der Waals surface area contributed by atoms with E-state index >= 15 is 0 Å². The Balaban J connectivity index is 1.48. The molecule has 0 saturated carbocycles. The van der Waals surface area contributed by atoms with Crippen LogP contribution in [0.15, 0.2) is 18.2 Å². The molecule has 3 atom stereocenters. The van der Waals surface area contributed by atoms with Crippen LogP contribution in [0.1, 0.15) is 39.2 Å². The number of benzene rings is 1. The second kappa shape index (κ2) is 6.34. The van der Waals surface area contributed by atoms with Crippen molar-refractivity contribution >= 4 is 11.8 Å². The van der Waals surface area contributed by atoms with Crippen LogP contribution in [0.3, 0.4) is 0 Å². The molecule has 4 rings (SSSR count). The minimum Gasteiger partial charge on any atom is -0.492 e. The van der Waals surface area contributed by atoms with Gasteiger partial charge < -0.3 is 20.1 Å². The van der Waals surface area contributed by atoms with Crippen LogP contribution in [0.4, 0.5) is 10.5 Å². The van der Waals surface area contributed by atoms with E-state index in [9.17, 15) is 4.79 Å². The first-order chi connectivity index (χ1) is 12.3. The number of hydrogen-bond acceptors (Lipinski definition) is 5. The quantitative estimate of drug-likeness (QED) is 0.835. The number of hydrogen-bond donors (Lipinski definition) is 1. The number of ether oxygens (including phenoxy) is 2. The number of fused-ring (bicyclic) bond motifs is 3. The summed E-state index contributed by atoms with van der Waals surface area (Å²) in [5.41, 5.74) is 7.87. The summed E-state index contributed by atoms with van der Waals surface area (Å²) in [5.74, 6) is 0.950. The van der Waals surface area contributed by atoms with Gasteiger partial charge in [-0.15, -0.1) is 0 Å². The average Bonchev–Trinajstić information content (AvgIpc) is 2.83. The zero-order valence-corrected chi connectivity index (χ0v) is 15.9. The van der Waals surface area contributed by atoms with Crippen LogP contribution in [-0.4, -0.2) is 54.4 Å². The lowest BCUT2D eigenvalue weighted by Gasteiger charge is -2.42. The molecule has 0 spiro atoms. The van der Waals surface area contributed by atoms with Crippen molar-refractivity contribution in [3.05, 3.63) is 23.8 Å². The molecule has 26 heavy (non-hydrogen) atoms. The highest BCUT2D eigenvalue weighted by Crippen LogP contribution is 2.36. The van der Waals surface area contributed by atoms with Gasteiger partial charge in [0, 0.05) is 30.9 Å². The summed E-state index contributed by atoms with van der Waals surface area (Å²) < 4.78 is 11.4. The number of piperazine rings is 1. The molecule has 6 heteroatoms. The van der Waals surface area contributed by atoms with Crippen LogP contribution >= 0.6 is 0 Å². The standard InChI is InChI=1S/C20H29N3O3/c1-20(2,3)26-19(24)23-16-6-7-17(23)11-22(10-16)15-5-4-13-8-14(21)12-25-18(13)9-15/h4-5,9,14,16-17H,6-8,10-12,21H2,1-3H3/t14-,16?,17?/m1/s1. The van der Waals surface area contributed by atoms with Crippen molar-refractivity contribution < 1.29 is 14.3 Å². The zero-order valence-electron chi connectivity index (χ0n) is 15.9. The Hall–Kier alpha value is -1.95. The normalized spacial score (nSPS) is 27.8. The van der Waals surface area contributed by atoms with Gasteiger partial charge in [-0.25, -0.2) is 4.79 Å². The first kappa shape index (κ1) is 17.5. The topological polar surface area (TPSA) is 68.0 Å². The Kier molecular flexibility index (Phi) is 4.26. The van der Waals surface area contributed by atoms with Gasteiger partial charge in [0.05, 0.1) is 12.1 Å². The smallest absolute Gasteiger partial charge is 0.410 e. The summed E-state index contributed by atoms with van der Waals surface area (Å²) in [6, 6.07) is 6.93. The second-order valence-corrected chi connectivity index (χ2v) is 8.74. The van der Waals surface area contributed by atoms with Crippen LogP contribution in [0.25, 0.3) is 0 Å². The molecule has 1 aromatic rings. The van der Waals surface area contributed by atoms with Gasteiger partial charge >= 0.3 is 6.09 Å². The predicted octanol–water partition coefficient (Wildman–Crippen LogP) is 2.54. The molecule has 0 aliphatic carbocycles. The first-order valence-electron chi connectivity index (χ1n) is 9.58. The van der Waals surface area contributed by atoms with Crippen molar-refractivity contribution in [2.45, 2.75) is 63.8 Å². The summed E-state index contributed by atoms with van der Waals surface area (Å²) >= 11 is 0. The second-order valence-electron chi connectivity index (χ2n) is 8.74. The van der Waals surface area contributed by atoms with Crippen LogP contribution < -0.4 is 15.4 Å². The van der Waals surface area contributed by atoms with Crippen molar-refractivity contribution in [1.29, 1.82) is 0 Å². The molecule has 142 valence electrons. The van der Waals surface area contributed by atoms with E-state index in [0.717, 1.165) is 38.1 Å². The molecule has 2 N–H and O–H groups in total. The molecule has 2 bridgehead atoms. The third kappa shape index (κ3) is 3.34. The van der Waals surface area contributed by atoms with E-state index in [2.05, 4.69) is 23.1 Å². The number of nitrogens with two attached hydrogens (primary N) is 1. The highest BCUT2D eigenvalue weighted by molar-refractivity contribution is 5.70. The fourth-order valence-corrected chi connectivity index (χ4v) is 4.31. The summed E-state index contributed by atoms with van der Waals surface area (Å²) in [6.07, 6.45) is 2.77. The van der Waals surface area contributed by atoms with Gasteiger partial charge in [-0.3, -0.25) is 4.90 Å². The third-order valence-corrected chi connectivity index (χ3v) is 5.44. The molecule has 0 radical (unpaired) electrons. The first-order valence-corrected chi connectivity index (χ1v) is 9.58. The number of amides is 1. The number of carbonyl (C=O) groups is 1. The van der Waals surface area contributed by atoms with Crippen LogP contribution in [0.2, 0.25) is 0 Å². The lowest BCUT2D eigenvalue weighted by molar-refractivity contribution is 0.0123. The van der Waals surface area contributed by atoms with E-state index in [0.29, 0.717) is 6.61 Å². The third-order valence-electron chi connectivity index (χ3n) is 5.44. The van der Waals surface area contributed by atoms with E-state index in [4.69, 9.17) is 15.2 Å². The number of anilines is 1. The summed E-state index contributed by atoms with van der Waals surface area (Å²) in [5, 5.41) is 0. The zero-order chi connectivity index (χ0) is 18.5. The Morgan fingerprint density at radius 1 is 1.23 bits per heavy atom. The number of carbonyl (C=O) groups excluding carboxylic acids is 1. The molecule has 3 aliphatic rings. The average molecular weight is 359 g/mol. The predicted molar refractivity (Wildman–Crippen MR) is 101 cm³/mol. The molecule has 1 aromatic carbocycles. The lowest BCUT2D eigenvalue weighted by atomic mass is 10.0. The van der Waals surface area contributed by atoms with Gasteiger partial charge in [-0.05, 0) is 51.7 Å². The van der Waals surface area contributed by atoms with E-state index in [-0.39, 0.29) is 24.2 Å². The minimum atomic E-state index is -0.454. The fraction of sp³-hybridized carbons (Fsp3) is 0.650. The Labute approximate surface area is 155 Å². The van der Waals surface area contributed by atoms with Crippen molar-refractivity contribution in [2.24, 2.45) is 5.73 Å². The molecule has 2 fully saturated rings. The SMILES string of the molecule is CC(C)(C)OC(=O)N1C2CCC1CN(c1ccc3c(c1)OC[C@H](N)C3)C2. The molecular formula is C20H29N3O3.